The Morgan fingerprint density at radius 1 is 1.00 bits per heavy atom. The first-order valence-corrected chi connectivity index (χ1v) is 7.93. The van der Waals surface area contributed by atoms with Crippen LogP contribution in [-0.4, -0.2) is 6.10 Å². The zero-order valence-corrected chi connectivity index (χ0v) is 13.9. The van der Waals surface area contributed by atoms with Crippen LogP contribution in [0.5, 0.6) is 5.75 Å². The van der Waals surface area contributed by atoms with Gasteiger partial charge in [0.15, 0.2) is 0 Å². The summed E-state index contributed by atoms with van der Waals surface area (Å²) in [6.07, 6.45) is 1.21. The number of aryl methyl sites for hydroxylation is 1. The van der Waals surface area contributed by atoms with Crippen molar-refractivity contribution in [2.45, 2.75) is 38.1 Å². The molecule has 20 heavy (non-hydrogen) atoms. The van der Waals surface area contributed by atoms with E-state index in [-0.39, 0.29) is 6.10 Å². The molecule has 0 aliphatic carbocycles. The van der Waals surface area contributed by atoms with Gasteiger partial charge >= 0.3 is 0 Å². The first kappa shape index (κ1) is 15.1. The Morgan fingerprint density at radius 3 is 2.25 bits per heavy atom. The van der Waals surface area contributed by atoms with Crippen LogP contribution in [0.4, 0.5) is 0 Å². The van der Waals surface area contributed by atoms with Gasteiger partial charge in [-0.2, -0.15) is 0 Å². The third-order valence-corrected chi connectivity index (χ3v) is 4.13. The zero-order valence-electron chi connectivity index (χ0n) is 12.3. The average molecular weight is 333 g/mol. The van der Waals surface area contributed by atoms with Crippen molar-refractivity contribution in [1.29, 1.82) is 0 Å². The van der Waals surface area contributed by atoms with E-state index in [1.807, 2.05) is 26.0 Å². The van der Waals surface area contributed by atoms with Crippen LogP contribution in [0.2, 0.25) is 0 Å². The molecule has 2 rings (SSSR count). The molecule has 1 unspecified atom stereocenters. The van der Waals surface area contributed by atoms with Gasteiger partial charge in [0.25, 0.3) is 0 Å². The van der Waals surface area contributed by atoms with Crippen molar-refractivity contribution < 1.29 is 4.74 Å². The second-order valence-electron chi connectivity index (χ2n) is 5.33. The van der Waals surface area contributed by atoms with Crippen LogP contribution in [0, 0.1) is 6.92 Å². The zero-order chi connectivity index (χ0) is 14.5. The molecule has 0 spiro atoms. The van der Waals surface area contributed by atoms with E-state index < -0.39 is 0 Å². The summed E-state index contributed by atoms with van der Waals surface area (Å²) < 4.78 is 5.67. The minimum absolute atomic E-state index is 0.215. The van der Waals surface area contributed by atoms with Gasteiger partial charge in [0.05, 0.1) is 6.10 Å². The Balaban J connectivity index is 2.06. The Kier molecular flexibility index (Phi) is 5.24. The molecule has 0 bridgehead atoms. The standard InChI is InChI=1S/C18H21BrO/c1-13(2)20-17-10-8-15(9-11-17)18(19)12-16-7-5-4-6-14(16)3/h4-11,13,18H,12H2,1-3H3. The van der Waals surface area contributed by atoms with Crippen LogP contribution in [0.15, 0.2) is 48.5 Å². The average Bonchev–Trinajstić information content (AvgIpc) is 2.41. The van der Waals surface area contributed by atoms with E-state index >= 15 is 0 Å². The molecule has 0 amide bonds. The maximum atomic E-state index is 5.67. The number of ether oxygens (including phenoxy) is 1. The lowest BCUT2D eigenvalue weighted by Crippen LogP contribution is -2.05. The smallest absolute Gasteiger partial charge is 0.119 e. The van der Waals surface area contributed by atoms with Crippen molar-refractivity contribution in [3.05, 3.63) is 65.2 Å². The highest BCUT2D eigenvalue weighted by atomic mass is 79.9. The molecule has 2 aromatic carbocycles. The van der Waals surface area contributed by atoms with E-state index in [2.05, 4.69) is 59.3 Å². The highest BCUT2D eigenvalue weighted by Crippen LogP contribution is 2.29. The lowest BCUT2D eigenvalue weighted by molar-refractivity contribution is 0.242. The van der Waals surface area contributed by atoms with Gasteiger partial charge in [-0.25, -0.2) is 0 Å². The van der Waals surface area contributed by atoms with Crippen molar-refractivity contribution in [3.8, 4) is 5.75 Å². The van der Waals surface area contributed by atoms with Gasteiger partial charge in [-0.15, -0.1) is 0 Å². The summed E-state index contributed by atoms with van der Waals surface area (Å²) in [5, 5.41) is 0. The highest BCUT2D eigenvalue weighted by Gasteiger charge is 2.10. The first-order chi connectivity index (χ1) is 9.56. The summed E-state index contributed by atoms with van der Waals surface area (Å²) in [6, 6.07) is 16.9. The summed E-state index contributed by atoms with van der Waals surface area (Å²) >= 11 is 3.79. The van der Waals surface area contributed by atoms with Crippen LogP contribution in [0.3, 0.4) is 0 Å². The van der Waals surface area contributed by atoms with Crippen LogP contribution in [-0.2, 0) is 6.42 Å². The Labute approximate surface area is 130 Å². The predicted octanol–water partition coefficient (Wildman–Crippen LogP) is 5.46. The molecule has 2 aromatic rings. The quantitative estimate of drug-likeness (QED) is 0.660. The van der Waals surface area contributed by atoms with E-state index in [0.29, 0.717) is 4.83 Å². The molecule has 0 saturated heterocycles. The normalized spacial score (nSPS) is 12.4. The van der Waals surface area contributed by atoms with Crippen LogP contribution >= 0.6 is 15.9 Å². The number of hydrogen-bond donors (Lipinski definition) is 0. The number of rotatable bonds is 5. The molecule has 0 aliphatic rings. The fraction of sp³-hybridized carbons (Fsp3) is 0.333. The molecule has 0 heterocycles. The Hall–Kier alpha value is -1.28. The van der Waals surface area contributed by atoms with Crippen molar-refractivity contribution in [2.24, 2.45) is 0 Å². The van der Waals surface area contributed by atoms with Crippen molar-refractivity contribution in [3.63, 3.8) is 0 Å². The second-order valence-corrected chi connectivity index (χ2v) is 6.44. The SMILES string of the molecule is Cc1ccccc1CC(Br)c1ccc(OC(C)C)cc1. The number of hydrogen-bond acceptors (Lipinski definition) is 1. The van der Waals surface area contributed by atoms with Crippen molar-refractivity contribution >= 4 is 15.9 Å². The molecule has 2 heteroatoms. The summed E-state index contributed by atoms with van der Waals surface area (Å²) in [6.45, 7) is 6.24. The monoisotopic (exact) mass is 332 g/mol. The van der Waals surface area contributed by atoms with Gasteiger partial charge in [-0.05, 0) is 56.0 Å². The van der Waals surface area contributed by atoms with Gasteiger partial charge in [0, 0.05) is 4.83 Å². The predicted molar refractivity (Wildman–Crippen MR) is 88.8 cm³/mol. The molecule has 0 fully saturated rings. The molecular formula is C18H21BrO. The van der Waals surface area contributed by atoms with Crippen LogP contribution in [0.1, 0.15) is 35.4 Å². The molecule has 1 atom stereocenters. The van der Waals surface area contributed by atoms with Crippen molar-refractivity contribution in [2.75, 3.05) is 0 Å². The third kappa shape index (κ3) is 4.11. The van der Waals surface area contributed by atoms with Gasteiger partial charge in [0.2, 0.25) is 0 Å². The molecule has 0 radical (unpaired) electrons. The summed E-state index contributed by atoms with van der Waals surface area (Å²) in [7, 11) is 0. The lowest BCUT2D eigenvalue weighted by Gasteiger charge is -2.14. The largest absolute Gasteiger partial charge is 0.491 e. The van der Waals surface area contributed by atoms with E-state index in [1.165, 1.54) is 16.7 Å². The molecule has 0 N–H and O–H groups in total. The van der Waals surface area contributed by atoms with E-state index in [9.17, 15) is 0 Å². The lowest BCUT2D eigenvalue weighted by atomic mass is 10.0. The maximum absolute atomic E-state index is 5.67. The molecule has 0 aliphatic heterocycles. The van der Waals surface area contributed by atoms with Crippen molar-refractivity contribution in [1.82, 2.24) is 0 Å². The fourth-order valence-corrected chi connectivity index (χ4v) is 2.83. The molecule has 0 aromatic heterocycles. The van der Waals surface area contributed by atoms with Gasteiger partial charge in [0.1, 0.15) is 5.75 Å². The highest BCUT2D eigenvalue weighted by molar-refractivity contribution is 9.09. The van der Waals surface area contributed by atoms with Crippen LogP contribution in [0.25, 0.3) is 0 Å². The number of halogens is 1. The number of benzene rings is 2. The third-order valence-electron chi connectivity index (χ3n) is 3.27. The minimum atomic E-state index is 0.215. The minimum Gasteiger partial charge on any atom is -0.491 e. The topological polar surface area (TPSA) is 9.23 Å². The van der Waals surface area contributed by atoms with Gasteiger partial charge < -0.3 is 4.74 Å². The Bertz CT molecular complexity index is 546. The Morgan fingerprint density at radius 2 is 1.65 bits per heavy atom. The summed E-state index contributed by atoms with van der Waals surface area (Å²) in [4.78, 5) is 0.330. The van der Waals surface area contributed by atoms with E-state index in [1.54, 1.807) is 0 Å². The number of alkyl halides is 1. The summed E-state index contributed by atoms with van der Waals surface area (Å²) in [5.74, 6) is 0.930. The molecular weight excluding hydrogens is 312 g/mol. The molecule has 106 valence electrons. The van der Waals surface area contributed by atoms with Gasteiger partial charge in [-0.1, -0.05) is 52.3 Å². The first-order valence-electron chi connectivity index (χ1n) is 7.01. The second kappa shape index (κ2) is 6.94. The molecule has 1 nitrogen and oxygen atoms in total. The summed E-state index contributed by atoms with van der Waals surface area (Å²) in [5.41, 5.74) is 4.01. The molecule has 0 saturated carbocycles. The van der Waals surface area contributed by atoms with E-state index in [0.717, 1.165) is 12.2 Å². The maximum Gasteiger partial charge on any atom is 0.119 e. The van der Waals surface area contributed by atoms with E-state index in [4.69, 9.17) is 4.74 Å². The van der Waals surface area contributed by atoms with Crippen LogP contribution < -0.4 is 4.74 Å². The van der Waals surface area contributed by atoms with Gasteiger partial charge in [-0.3, -0.25) is 0 Å². The fourth-order valence-electron chi connectivity index (χ4n) is 2.18.